The molecule has 2 aromatic carbocycles. The SMILES string of the molecule is O=C(c1ccc(Cl)cc1Cl)N1CCN(CCNc2cc(=O)oc3ccccc23)CC1. The van der Waals surface area contributed by atoms with Gasteiger partial charge in [0.25, 0.3) is 5.91 Å². The van der Waals surface area contributed by atoms with Crippen LogP contribution in [-0.4, -0.2) is 55.0 Å². The van der Waals surface area contributed by atoms with Gasteiger partial charge in [0, 0.05) is 55.7 Å². The molecule has 30 heavy (non-hydrogen) atoms. The molecule has 1 fully saturated rings. The van der Waals surface area contributed by atoms with Crippen molar-refractivity contribution in [3.05, 3.63) is 74.6 Å². The maximum absolute atomic E-state index is 12.7. The van der Waals surface area contributed by atoms with Gasteiger partial charge in [-0.1, -0.05) is 35.3 Å². The van der Waals surface area contributed by atoms with E-state index in [1.807, 2.05) is 23.1 Å². The van der Waals surface area contributed by atoms with Gasteiger partial charge in [0.15, 0.2) is 0 Å². The number of amides is 1. The van der Waals surface area contributed by atoms with Crippen LogP contribution in [0.15, 0.2) is 57.7 Å². The van der Waals surface area contributed by atoms with Gasteiger partial charge in [0.2, 0.25) is 0 Å². The maximum atomic E-state index is 12.7. The third-order valence-electron chi connectivity index (χ3n) is 5.21. The summed E-state index contributed by atoms with van der Waals surface area (Å²) in [6, 6.07) is 13.9. The van der Waals surface area contributed by atoms with E-state index in [4.69, 9.17) is 27.6 Å². The molecule has 1 aliphatic heterocycles. The van der Waals surface area contributed by atoms with Crippen molar-refractivity contribution in [3.8, 4) is 0 Å². The monoisotopic (exact) mass is 445 g/mol. The van der Waals surface area contributed by atoms with Crippen molar-refractivity contribution in [1.82, 2.24) is 9.80 Å². The highest BCUT2D eigenvalue weighted by atomic mass is 35.5. The van der Waals surface area contributed by atoms with Crippen molar-refractivity contribution in [2.45, 2.75) is 0 Å². The zero-order valence-electron chi connectivity index (χ0n) is 16.2. The molecular formula is C22H21Cl2N3O3. The maximum Gasteiger partial charge on any atom is 0.338 e. The summed E-state index contributed by atoms with van der Waals surface area (Å²) in [6.45, 7) is 4.31. The second kappa shape index (κ2) is 9.08. The van der Waals surface area contributed by atoms with Crippen molar-refractivity contribution in [1.29, 1.82) is 0 Å². The molecule has 0 radical (unpaired) electrons. The van der Waals surface area contributed by atoms with Crippen LogP contribution in [0.1, 0.15) is 10.4 Å². The summed E-state index contributed by atoms with van der Waals surface area (Å²) in [4.78, 5) is 28.6. The average Bonchev–Trinajstić information content (AvgIpc) is 2.73. The van der Waals surface area contributed by atoms with Crippen molar-refractivity contribution in [2.24, 2.45) is 0 Å². The zero-order chi connectivity index (χ0) is 21.1. The van der Waals surface area contributed by atoms with Crippen LogP contribution in [0.2, 0.25) is 10.0 Å². The Morgan fingerprint density at radius 2 is 1.80 bits per heavy atom. The third kappa shape index (κ3) is 4.61. The molecule has 1 saturated heterocycles. The first kappa shape index (κ1) is 20.7. The van der Waals surface area contributed by atoms with Crippen molar-refractivity contribution < 1.29 is 9.21 Å². The summed E-state index contributed by atoms with van der Waals surface area (Å²) in [5, 5.41) is 5.10. The molecule has 8 heteroatoms. The smallest absolute Gasteiger partial charge is 0.338 e. The van der Waals surface area contributed by atoms with E-state index in [0.717, 1.165) is 30.7 Å². The third-order valence-corrected chi connectivity index (χ3v) is 5.76. The Morgan fingerprint density at radius 1 is 1.03 bits per heavy atom. The number of nitrogens with zero attached hydrogens (tertiary/aromatic N) is 2. The van der Waals surface area contributed by atoms with Crippen LogP contribution in [-0.2, 0) is 0 Å². The first-order chi connectivity index (χ1) is 14.5. The van der Waals surface area contributed by atoms with E-state index in [-0.39, 0.29) is 11.5 Å². The number of hydrogen-bond donors (Lipinski definition) is 1. The number of rotatable bonds is 5. The number of benzene rings is 2. The predicted octanol–water partition coefficient (Wildman–Crippen LogP) is 3.97. The van der Waals surface area contributed by atoms with Gasteiger partial charge in [-0.05, 0) is 30.3 Å². The molecule has 1 aliphatic rings. The number of para-hydroxylation sites is 1. The van der Waals surface area contributed by atoms with Crippen molar-refractivity contribution >= 4 is 45.8 Å². The Balaban J connectivity index is 1.31. The molecule has 6 nitrogen and oxygen atoms in total. The second-order valence-corrected chi connectivity index (χ2v) is 8.00. The van der Waals surface area contributed by atoms with E-state index in [2.05, 4.69) is 10.2 Å². The topological polar surface area (TPSA) is 65.8 Å². The minimum absolute atomic E-state index is 0.0723. The van der Waals surface area contributed by atoms with Crippen LogP contribution in [0.25, 0.3) is 11.0 Å². The summed E-state index contributed by atoms with van der Waals surface area (Å²) in [5.74, 6) is -0.0723. The van der Waals surface area contributed by atoms with Crippen LogP contribution < -0.4 is 10.9 Å². The van der Waals surface area contributed by atoms with Gasteiger partial charge in [-0.15, -0.1) is 0 Å². The van der Waals surface area contributed by atoms with Gasteiger partial charge in [-0.25, -0.2) is 4.79 Å². The molecule has 1 amide bonds. The average molecular weight is 446 g/mol. The number of piperazine rings is 1. The van der Waals surface area contributed by atoms with Gasteiger partial charge in [0.1, 0.15) is 5.58 Å². The summed E-state index contributed by atoms with van der Waals surface area (Å²) in [5.41, 5.74) is 1.45. The molecule has 0 saturated carbocycles. The number of halogens is 2. The van der Waals surface area contributed by atoms with Crippen molar-refractivity contribution in [3.63, 3.8) is 0 Å². The number of carbonyl (C=O) groups is 1. The number of nitrogens with one attached hydrogen (secondary N) is 1. The highest BCUT2D eigenvalue weighted by molar-refractivity contribution is 6.36. The van der Waals surface area contributed by atoms with Crippen LogP contribution in [0.4, 0.5) is 5.69 Å². The highest BCUT2D eigenvalue weighted by Gasteiger charge is 2.23. The van der Waals surface area contributed by atoms with Crippen LogP contribution in [0.5, 0.6) is 0 Å². The first-order valence-electron chi connectivity index (χ1n) is 9.75. The quantitative estimate of drug-likeness (QED) is 0.601. The van der Waals surface area contributed by atoms with E-state index in [1.54, 1.807) is 24.3 Å². The second-order valence-electron chi connectivity index (χ2n) is 7.16. The minimum atomic E-state index is -0.371. The highest BCUT2D eigenvalue weighted by Crippen LogP contribution is 2.23. The molecule has 0 atom stereocenters. The Morgan fingerprint density at radius 3 is 2.57 bits per heavy atom. The Kier molecular flexibility index (Phi) is 6.27. The molecule has 0 spiro atoms. The Hall–Kier alpha value is -2.54. The molecule has 0 unspecified atom stereocenters. The van der Waals surface area contributed by atoms with Gasteiger partial charge in [-0.2, -0.15) is 0 Å². The molecule has 2 heterocycles. The van der Waals surface area contributed by atoms with Gasteiger partial charge in [0.05, 0.1) is 16.3 Å². The van der Waals surface area contributed by atoms with Gasteiger partial charge < -0.3 is 14.6 Å². The van der Waals surface area contributed by atoms with Gasteiger partial charge >= 0.3 is 5.63 Å². The standard InChI is InChI=1S/C22H21Cl2N3O3/c23-15-5-6-16(18(24)13-15)22(29)27-11-9-26(10-12-27)8-7-25-19-14-21(28)30-20-4-2-1-3-17(19)20/h1-6,13-14,25H,7-12H2. The van der Waals surface area contributed by atoms with Crippen LogP contribution in [0, 0.1) is 0 Å². The minimum Gasteiger partial charge on any atom is -0.423 e. The first-order valence-corrected chi connectivity index (χ1v) is 10.5. The molecule has 156 valence electrons. The normalized spacial score (nSPS) is 14.8. The Labute approximate surface area is 184 Å². The lowest BCUT2D eigenvalue weighted by molar-refractivity contribution is 0.0642. The van der Waals surface area contributed by atoms with E-state index < -0.39 is 0 Å². The van der Waals surface area contributed by atoms with E-state index >= 15 is 0 Å². The van der Waals surface area contributed by atoms with E-state index in [0.29, 0.717) is 40.8 Å². The summed E-state index contributed by atoms with van der Waals surface area (Å²) < 4.78 is 5.22. The largest absolute Gasteiger partial charge is 0.423 e. The fraction of sp³-hybridized carbons (Fsp3) is 0.273. The molecule has 4 rings (SSSR count). The lowest BCUT2D eigenvalue weighted by Gasteiger charge is -2.35. The molecule has 1 aromatic heterocycles. The summed E-state index contributed by atoms with van der Waals surface area (Å²) >= 11 is 12.1. The zero-order valence-corrected chi connectivity index (χ0v) is 17.7. The number of fused-ring (bicyclic) bond motifs is 1. The molecule has 1 N–H and O–H groups in total. The number of carbonyl (C=O) groups excluding carboxylic acids is 1. The molecular weight excluding hydrogens is 425 g/mol. The molecule has 0 aliphatic carbocycles. The lowest BCUT2D eigenvalue weighted by atomic mass is 10.1. The molecule has 0 bridgehead atoms. The fourth-order valence-corrected chi connectivity index (χ4v) is 4.10. The summed E-state index contributed by atoms with van der Waals surface area (Å²) in [6.07, 6.45) is 0. The van der Waals surface area contributed by atoms with E-state index in [1.165, 1.54) is 6.07 Å². The molecule has 3 aromatic rings. The summed E-state index contributed by atoms with van der Waals surface area (Å²) in [7, 11) is 0. The number of hydrogen-bond acceptors (Lipinski definition) is 5. The van der Waals surface area contributed by atoms with Crippen molar-refractivity contribution in [2.75, 3.05) is 44.6 Å². The predicted molar refractivity (Wildman–Crippen MR) is 120 cm³/mol. The fourth-order valence-electron chi connectivity index (χ4n) is 3.61. The number of anilines is 1. The Bertz CT molecular complexity index is 1120. The lowest BCUT2D eigenvalue weighted by Crippen LogP contribution is -2.49. The van der Waals surface area contributed by atoms with Crippen LogP contribution >= 0.6 is 23.2 Å². The van der Waals surface area contributed by atoms with E-state index in [9.17, 15) is 9.59 Å². The van der Waals surface area contributed by atoms with Gasteiger partial charge in [-0.3, -0.25) is 9.69 Å². The van der Waals surface area contributed by atoms with Crippen LogP contribution in [0.3, 0.4) is 0 Å².